The Morgan fingerprint density at radius 2 is 2.10 bits per heavy atom. The van der Waals surface area contributed by atoms with E-state index in [0.717, 1.165) is 5.69 Å². The van der Waals surface area contributed by atoms with E-state index >= 15 is 0 Å². The molecule has 0 aromatic heterocycles. The Balaban J connectivity index is 3.14. The molecule has 0 radical (unpaired) electrons. The van der Waals surface area contributed by atoms with Crippen LogP contribution in [0.15, 0.2) is 18.2 Å². The van der Waals surface area contributed by atoms with Gasteiger partial charge in [-0.1, -0.05) is 0 Å². The fourth-order valence-corrected chi connectivity index (χ4v) is 2.02. The number of nitrogens with zero attached hydrogens (tertiary/aromatic N) is 2. The van der Waals surface area contributed by atoms with E-state index in [1.54, 1.807) is 12.1 Å². The van der Waals surface area contributed by atoms with Crippen LogP contribution in [0.1, 0.15) is 27.2 Å². The van der Waals surface area contributed by atoms with Crippen LogP contribution in [0.25, 0.3) is 0 Å². The standard InChI is InChI=1S/C14H22N2O4/c1-4-20-14-9-12(8-13(10-14)16(18)19)15(11(2)3)6-5-7-17/h8-11,17H,4-7H2,1-3H3. The van der Waals surface area contributed by atoms with Gasteiger partial charge in [0.1, 0.15) is 5.75 Å². The molecule has 1 aromatic rings. The zero-order valence-electron chi connectivity index (χ0n) is 12.2. The highest BCUT2D eigenvalue weighted by Crippen LogP contribution is 2.29. The molecule has 1 aromatic carbocycles. The van der Waals surface area contributed by atoms with Gasteiger partial charge in [-0.15, -0.1) is 0 Å². The van der Waals surface area contributed by atoms with E-state index < -0.39 is 4.92 Å². The molecule has 1 rings (SSSR count). The molecular weight excluding hydrogens is 260 g/mol. The van der Waals surface area contributed by atoms with Gasteiger partial charge in [0.15, 0.2) is 0 Å². The molecule has 0 bridgehead atoms. The van der Waals surface area contributed by atoms with Crippen molar-refractivity contribution in [2.45, 2.75) is 33.2 Å². The smallest absolute Gasteiger partial charge is 0.275 e. The lowest BCUT2D eigenvalue weighted by atomic mass is 10.2. The Kier molecular flexibility index (Phi) is 6.24. The molecule has 6 nitrogen and oxygen atoms in total. The molecule has 6 heteroatoms. The largest absolute Gasteiger partial charge is 0.494 e. The third-order valence-corrected chi connectivity index (χ3v) is 2.91. The number of ether oxygens (including phenoxy) is 1. The Morgan fingerprint density at radius 3 is 2.60 bits per heavy atom. The van der Waals surface area contributed by atoms with Gasteiger partial charge in [0.25, 0.3) is 5.69 Å². The summed E-state index contributed by atoms with van der Waals surface area (Å²) in [6.07, 6.45) is 0.616. The Morgan fingerprint density at radius 1 is 1.40 bits per heavy atom. The number of hydrogen-bond donors (Lipinski definition) is 1. The molecular formula is C14H22N2O4. The lowest BCUT2D eigenvalue weighted by Gasteiger charge is -2.29. The zero-order chi connectivity index (χ0) is 15.1. The zero-order valence-corrected chi connectivity index (χ0v) is 12.2. The van der Waals surface area contributed by atoms with Gasteiger partial charge in [-0.2, -0.15) is 0 Å². The van der Waals surface area contributed by atoms with Gasteiger partial charge in [-0.25, -0.2) is 0 Å². The molecule has 20 heavy (non-hydrogen) atoms. The Hall–Kier alpha value is -1.82. The molecule has 0 saturated carbocycles. The molecule has 1 N–H and O–H groups in total. The molecule has 112 valence electrons. The van der Waals surface area contributed by atoms with Crippen LogP contribution < -0.4 is 9.64 Å². The molecule has 0 amide bonds. The second-order valence-corrected chi connectivity index (χ2v) is 4.74. The fourth-order valence-electron chi connectivity index (χ4n) is 2.02. The van der Waals surface area contributed by atoms with Gasteiger partial charge < -0.3 is 14.7 Å². The number of non-ortho nitro benzene ring substituents is 1. The maximum Gasteiger partial charge on any atom is 0.275 e. The second kappa shape index (κ2) is 7.69. The molecule has 0 fully saturated rings. The van der Waals surface area contributed by atoms with Gasteiger partial charge in [-0.3, -0.25) is 10.1 Å². The molecule has 0 aliphatic carbocycles. The molecule has 0 heterocycles. The third-order valence-electron chi connectivity index (χ3n) is 2.91. The summed E-state index contributed by atoms with van der Waals surface area (Å²) in [7, 11) is 0. The van der Waals surface area contributed by atoms with E-state index in [2.05, 4.69) is 0 Å². The van der Waals surface area contributed by atoms with Crippen molar-refractivity contribution in [3.63, 3.8) is 0 Å². The van der Waals surface area contributed by atoms with E-state index in [4.69, 9.17) is 9.84 Å². The Labute approximate surface area is 119 Å². The summed E-state index contributed by atoms with van der Waals surface area (Å²) in [5, 5.41) is 20.0. The van der Waals surface area contributed by atoms with Crippen LogP contribution in [0, 0.1) is 10.1 Å². The first-order chi connectivity index (χ1) is 9.49. The van der Waals surface area contributed by atoms with Crippen LogP contribution in [0.3, 0.4) is 0 Å². The minimum Gasteiger partial charge on any atom is -0.494 e. The predicted molar refractivity (Wildman–Crippen MR) is 78.5 cm³/mol. The first kappa shape index (κ1) is 16.2. The van der Waals surface area contributed by atoms with E-state index in [1.165, 1.54) is 6.07 Å². The molecule has 0 spiro atoms. The minimum atomic E-state index is -0.420. The monoisotopic (exact) mass is 282 g/mol. The Bertz CT molecular complexity index is 449. The fraction of sp³-hybridized carbons (Fsp3) is 0.571. The van der Waals surface area contributed by atoms with E-state index in [1.807, 2.05) is 25.7 Å². The SMILES string of the molecule is CCOc1cc(N(CCCO)C(C)C)cc([N+](=O)[O-])c1. The van der Waals surface area contributed by atoms with Crippen LogP contribution in [0.4, 0.5) is 11.4 Å². The summed E-state index contributed by atoms with van der Waals surface area (Å²) >= 11 is 0. The molecule has 0 aliphatic rings. The summed E-state index contributed by atoms with van der Waals surface area (Å²) in [6.45, 7) is 7.05. The minimum absolute atomic E-state index is 0.0144. The number of rotatable bonds is 8. The van der Waals surface area contributed by atoms with Crippen molar-refractivity contribution in [3.05, 3.63) is 28.3 Å². The highest BCUT2D eigenvalue weighted by Gasteiger charge is 2.16. The second-order valence-electron chi connectivity index (χ2n) is 4.74. The summed E-state index contributed by atoms with van der Waals surface area (Å²) in [6, 6.07) is 4.95. The number of nitro benzene ring substituents is 1. The van der Waals surface area contributed by atoms with Crippen LogP contribution in [0.2, 0.25) is 0 Å². The average molecular weight is 282 g/mol. The lowest BCUT2D eigenvalue weighted by Crippen LogP contribution is -2.32. The first-order valence-corrected chi connectivity index (χ1v) is 6.79. The number of aliphatic hydroxyl groups excluding tert-OH is 1. The van der Waals surface area contributed by atoms with E-state index in [-0.39, 0.29) is 18.3 Å². The van der Waals surface area contributed by atoms with Crippen LogP contribution in [-0.2, 0) is 0 Å². The van der Waals surface area contributed by atoms with Crippen LogP contribution in [0.5, 0.6) is 5.75 Å². The van der Waals surface area contributed by atoms with Crippen molar-refractivity contribution in [1.82, 2.24) is 0 Å². The van der Waals surface area contributed by atoms with Crippen molar-refractivity contribution in [2.75, 3.05) is 24.7 Å². The van der Waals surface area contributed by atoms with Crippen molar-refractivity contribution < 1.29 is 14.8 Å². The van der Waals surface area contributed by atoms with Gasteiger partial charge in [0.05, 0.1) is 17.6 Å². The first-order valence-electron chi connectivity index (χ1n) is 6.79. The maximum absolute atomic E-state index is 11.0. The number of benzene rings is 1. The summed E-state index contributed by atoms with van der Waals surface area (Å²) < 4.78 is 5.39. The van der Waals surface area contributed by atoms with Gasteiger partial charge in [0.2, 0.25) is 0 Å². The van der Waals surface area contributed by atoms with E-state index in [0.29, 0.717) is 25.3 Å². The predicted octanol–water partition coefficient (Wildman–Crippen LogP) is 2.59. The molecule has 0 atom stereocenters. The number of anilines is 1. The van der Waals surface area contributed by atoms with Gasteiger partial charge in [0, 0.05) is 37.0 Å². The quantitative estimate of drug-likeness (QED) is 0.586. The van der Waals surface area contributed by atoms with Gasteiger partial charge in [-0.05, 0) is 27.2 Å². The molecule has 0 saturated heterocycles. The van der Waals surface area contributed by atoms with Crippen molar-refractivity contribution in [1.29, 1.82) is 0 Å². The maximum atomic E-state index is 11.0. The lowest BCUT2D eigenvalue weighted by molar-refractivity contribution is -0.384. The van der Waals surface area contributed by atoms with Crippen LogP contribution >= 0.6 is 0 Å². The summed E-state index contributed by atoms with van der Waals surface area (Å²) in [5.41, 5.74) is 0.756. The summed E-state index contributed by atoms with van der Waals surface area (Å²) in [5.74, 6) is 0.492. The summed E-state index contributed by atoms with van der Waals surface area (Å²) in [4.78, 5) is 12.6. The molecule has 0 aliphatic heterocycles. The highest BCUT2D eigenvalue weighted by atomic mass is 16.6. The van der Waals surface area contributed by atoms with Crippen molar-refractivity contribution in [3.8, 4) is 5.75 Å². The van der Waals surface area contributed by atoms with Crippen LogP contribution in [-0.4, -0.2) is 35.8 Å². The van der Waals surface area contributed by atoms with Gasteiger partial charge >= 0.3 is 0 Å². The number of hydrogen-bond acceptors (Lipinski definition) is 5. The van der Waals surface area contributed by atoms with E-state index in [9.17, 15) is 10.1 Å². The van der Waals surface area contributed by atoms with Crippen molar-refractivity contribution in [2.24, 2.45) is 0 Å². The highest BCUT2D eigenvalue weighted by molar-refractivity contribution is 5.58. The average Bonchev–Trinajstić information content (AvgIpc) is 2.39. The molecule has 0 unspecified atom stereocenters. The topological polar surface area (TPSA) is 75.8 Å². The third kappa shape index (κ3) is 4.38. The normalized spacial score (nSPS) is 10.7. The number of nitro groups is 1. The van der Waals surface area contributed by atoms with Crippen molar-refractivity contribution >= 4 is 11.4 Å². The number of aliphatic hydroxyl groups is 1.